The molecule has 82 valence electrons. The molecule has 1 heterocycles. The topological polar surface area (TPSA) is 84.2 Å². The van der Waals surface area contributed by atoms with Crippen molar-refractivity contribution in [2.24, 2.45) is 7.05 Å². The molecule has 0 atom stereocenters. The normalized spacial score (nSPS) is 9.93. The fourth-order valence-electron chi connectivity index (χ4n) is 1.12. The zero-order valence-electron chi connectivity index (χ0n) is 8.43. The standard InChI is InChI=1S/C9H13N3O3/c1-12-6-7(4-11-12)2-3-8(13)10-5-9(14)15/h4,6H,2-3,5H2,1H3,(H,10,13)(H,14,15). The minimum Gasteiger partial charge on any atom is -0.480 e. The molecule has 0 saturated carbocycles. The van der Waals surface area contributed by atoms with E-state index in [0.29, 0.717) is 6.42 Å². The van der Waals surface area contributed by atoms with Gasteiger partial charge in [-0.25, -0.2) is 0 Å². The first-order chi connectivity index (χ1) is 7.08. The van der Waals surface area contributed by atoms with E-state index in [1.54, 1.807) is 17.9 Å². The third-order valence-electron chi connectivity index (χ3n) is 1.84. The van der Waals surface area contributed by atoms with Gasteiger partial charge in [-0.1, -0.05) is 0 Å². The van der Waals surface area contributed by atoms with Gasteiger partial charge in [-0.05, 0) is 12.0 Å². The fourth-order valence-corrected chi connectivity index (χ4v) is 1.12. The van der Waals surface area contributed by atoms with Gasteiger partial charge < -0.3 is 10.4 Å². The van der Waals surface area contributed by atoms with E-state index < -0.39 is 5.97 Å². The lowest BCUT2D eigenvalue weighted by Crippen LogP contribution is -2.29. The van der Waals surface area contributed by atoms with Crippen molar-refractivity contribution in [1.29, 1.82) is 0 Å². The van der Waals surface area contributed by atoms with Crippen molar-refractivity contribution in [3.05, 3.63) is 18.0 Å². The SMILES string of the molecule is Cn1cc(CCC(=O)NCC(=O)O)cn1. The number of carboxylic acid groups (broad SMARTS) is 1. The van der Waals surface area contributed by atoms with Crippen molar-refractivity contribution in [2.45, 2.75) is 12.8 Å². The van der Waals surface area contributed by atoms with Gasteiger partial charge in [-0.3, -0.25) is 14.3 Å². The molecule has 0 aliphatic rings. The van der Waals surface area contributed by atoms with E-state index >= 15 is 0 Å². The molecule has 0 aliphatic carbocycles. The first-order valence-corrected chi connectivity index (χ1v) is 4.54. The number of rotatable bonds is 5. The highest BCUT2D eigenvalue weighted by Gasteiger charge is 2.04. The summed E-state index contributed by atoms with van der Waals surface area (Å²) in [6, 6.07) is 0. The maximum absolute atomic E-state index is 11.1. The Morgan fingerprint density at radius 2 is 2.33 bits per heavy atom. The van der Waals surface area contributed by atoms with Crippen LogP contribution in [0.1, 0.15) is 12.0 Å². The van der Waals surface area contributed by atoms with Crippen LogP contribution in [0.25, 0.3) is 0 Å². The van der Waals surface area contributed by atoms with Gasteiger partial charge >= 0.3 is 5.97 Å². The van der Waals surface area contributed by atoms with E-state index in [2.05, 4.69) is 10.4 Å². The van der Waals surface area contributed by atoms with Crippen LogP contribution in [0.5, 0.6) is 0 Å². The number of aliphatic carboxylic acids is 1. The van der Waals surface area contributed by atoms with Crippen molar-refractivity contribution in [3.63, 3.8) is 0 Å². The highest BCUT2D eigenvalue weighted by atomic mass is 16.4. The Kier molecular flexibility index (Phi) is 3.84. The maximum atomic E-state index is 11.1. The molecule has 0 unspecified atom stereocenters. The van der Waals surface area contributed by atoms with E-state index in [4.69, 9.17) is 5.11 Å². The second kappa shape index (κ2) is 5.14. The van der Waals surface area contributed by atoms with Crippen LogP contribution >= 0.6 is 0 Å². The van der Waals surface area contributed by atoms with Crippen LogP contribution in [0.4, 0.5) is 0 Å². The van der Waals surface area contributed by atoms with Crippen molar-refractivity contribution >= 4 is 11.9 Å². The molecule has 6 heteroatoms. The Bertz CT molecular complexity index is 359. The van der Waals surface area contributed by atoms with Crippen LogP contribution in [0.3, 0.4) is 0 Å². The van der Waals surface area contributed by atoms with Crippen LogP contribution < -0.4 is 5.32 Å². The van der Waals surface area contributed by atoms with Crippen LogP contribution in [0, 0.1) is 0 Å². The number of hydrogen-bond donors (Lipinski definition) is 2. The largest absolute Gasteiger partial charge is 0.480 e. The molecule has 2 N–H and O–H groups in total. The Morgan fingerprint density at radius 3 is 2.87 bits per heavy atom. The molecular formula is C9H13N3O3. The average molecular weight is 211 g/mol. The molecule has 0 bridgehead atoms. The van der Waals surface area contributed by atoms with Crippen molar-refractivity contribution < 1.29 is 14.7 Å². The fraction of sp³-hybridized carbons (Fsp3) is 0.444. The first kappa shape index (κ1) is 11.2. The van der Waals surface area contributed by atoms with E-state index in [0.717, 1.165) is 5.56 Å². The van der Waals surface area contributed by atoms with E-state index in [9.17, 15) is 9.59 Å². The number of carbonyl (C=O) groups is 2. The van der Waals surface area contributed by atoms with Crippen molar-refractivity contribution in [2.75, 3.05) is 6.54 Å². The molecule has 1 aromatic rings. The number of aryl methyl sites for hydroxylation is 2. The Labute approximate surface area is 86.9 Å². The zero-order chi connectivity index (χ0) is 11.3. The number of amides is 1. The molecule has 0 saturated heterocycles. The number of carbonyl (C=O) groups excluding carboxylic acids is 1. The minimum absolute atomic E-state index is 0.263. The Hall–Kier alpha value is -1.85. The lowest BCUT2D eigenvalue weighted by atomic mass is 10.2. The third-order valence-corrected chi connectivity index (χ3v) is 1.84. The second-order valence-corrected chi connectivity index (χ2v) is 3.19. The third kappa shape index (κ3) is 4.26. The quantitative estimate of drug-likeness (QED) is 0.691. The number of hydrogen-bond acceptors (Lipinski definition) is 3. The smallest absolute Gasteiger partial charge is 0.322 e. The number of carboxylic acids is 1. The molecule has 0 radical (unpaired) electrons. The highest BCUT2D eigenvalue weighted by molar-refractivity contribution is 5.81. The van der Waals surface area contributed by atoms with Gasteiger partial charge in [0.2, 0.25) is 5.91 Å². The van der Waals surface area contributed by atoms with Gasteiger partial charge in [0.05, 0.1) is 6.20 Å². The predicted octanol–water partition coefficient (Wildman–Crippen LogP) is -0.446. The average Bonchev–Trinajstić information content (AvgIpc) is 2.58. The lowest BCUT2D eigenvalue weighted by Gasteiger charge is -2.00. The summed E-state index contributed by atoms with van der Waals surface area (Å²) in [4.78, 5) is 21.3. The number of nitrogens with one attached hydrogen (secondary N) is 1. The molecule has 0 aliphatic heterocycles. The zero-order valence-corrected chi connectivity index (χ0v) is 8.43. The Balaban J connectivity index is 2.25. The molecule has 1 rings (SSSR count). The molecule has 1 amide bonds. The van der Waals surface area contributed by atoms with Crippen molar-refractivity contribution in [3.8, 4) is 0 Å². The summed E-state index contributed by atoms with van der Waals surface area (Å²) < 4.78 is 1.66. The first-order valence-electron chi connectivity index (χ1n) is 4.54. The van der Waals surface area contributed by atoms with E-state index in [1.165, 1.54) is 0 Å². The van der Waals surface area contributed by atoms with Crippen molar-refractivity contribution in [1.82, 2.24) is 15.1 Å². The van der Waals surface area contributed by atoms with E-state index in [-0.39, 0.29) is 18.9 Å². The van der Waals surface area contributed by atoms with Gasteiger partial charge in [-0.2, -0.15) is 5.10 Å². The highest BCUT2D eigenvalue weighted by Crippen LogP contribution is 2.00. The van der Waals surface area contributed by atoms with Crippen LogP contribution in [-0.2, 0) is 23.1 Å². The summed E-state index contributed by atoms with van der Waals surface area (Å²) in [6.45, 7) is -0.328. The van der Waals surface area contributed by atoms with Gasteiger partial charge in [-0.15, -0.1) is 0 Å². The Morgan fingerprint density at radius 1 is 1.60 bits per heavy atom. The number of aromatic nitrogens is 2. The summed E-state index contributed by atoms with van der Waals surface area (Å²) in [5.41, 5.74) is 0.961. The minimum atomic E-state index is -1.04. The lowest BCUT2D eigenvalue weighted by molar-refractivity contribution is -0.137. The summed E-state index contributed by atoms with van der Waals surface area (Å²) in [7, 11) is 1.80. The molecule has 0 spiro atoms. The monoisotopic (exact) mass is 211 g/mol. The van der Waals surface area contributed by atoms with Crippen LogP contribution in [-0.4, -0.2) is 33.3 Å². The summed E-state index contributed by atoms with van der Waals surface area (Å²) in [6.07, 6.45) is 4.35. The molecule has 0 aromatic carbocycles. The van der Waals surface area contributed by atoms with Gasteiger partial charge in [0.1, 0.15) is 6.54 Å². The van der Waals surface area contributed by atoms with E-state index in [1.807, 2.05) is 6.20 Å². The van der Waals surface area contributed by atoms with Crippen LogP contribution in [0.2, 0.25) is 0 Å². The van der Waals surface area contributed by atoms with Gasteiger partial charge in [0.15, 0.2) is 0 Å². The molecule has 15 heavy (non-hydrogen) atoms. The van der Waals surface area contributed by atoms with Crippen LogP contribution in [0.15, 0.2) is 12.4 Å². The molecule has 1 aromatic heterocycles. The van der Waals surface area contributed by atoms with Gasteiger partial charge in [0, 0.05) is 19.7 Å². The molecule has 6 nitrogen and oxygen atoms in total. The molecule has 0 fully saturated rings. The summed E-state index contributed by atoms with van der Waals surface area (Å²) in [5.74, 6) is -1.30. The van der Waals surface area contributed by atoms with Gasteiger partial charge in [0.25, 0.3) is 0 Å². The number of nitrogens with zero attached hydrogens (tertiary/aromatic N) is 2. The maximum Gasteiger partial charge on any atom is 0.322 e. The molecular weight excluding hydrogens is 198 g/mol. The second-order valence-electron chi connectivity index (χ2n) is 3.19. The summed E-state index contributed by atoms with van der Waals surface area (Å²) >= 11 is 0. The predicted molar refractivity (Wildman–Crippen MR) is 52.2 cm³/mol. The summed E-state index contributed by atoms with van der Waals surface area (Å²) in [5, 5.41) is 14.6.